The molecule has 118 valence electrons. The molecule has 0 aliphatic rings. The van der Waals surface area contributed by atoms with Gasteiger partial charge in [-0.2, -0.15) is 0 Å². The summed E-state index contributed by atoms with van der Waals surface area (Å²) in [6, 6.07) is 2.70. The topological polar surface area (TPSA) is 55.2 Å². The first-order valence-corrected chi connectivity index (χ1v) is 8.24. The number of nitro benzene ring substituents is 1. The van der Waals surface area contributed by atoms with Gasteiger partial charge in [-0.25, -0.2) is 4.39 Å². The Morgan fingerprint density at radius 3 is 2.48 bits per heavy atom. The fraction of sp³-hybridized carbons (Fsp3) is 0.600. The molecule has 1 rings (SSSR count). The molecular formula is C15H22FIN2O2. The Bertz CT molecular complexity index is 509. The van der Waals surface area contributed by atoms with Crippen LogP contribution in [-0.2, 0) is 0 Å². The van der Waals surface area contributed by atoms with Gasteiger partial charge in [-0.05, 0) is 54.5 Å². The highest BCUT2D eigenvalue weighted by atomic mass is 127. The molecule has 0 bridgehead atoms. The van der Waals surface area contributed by atoms with Crippen molar-refractivity contribution in [3.8, 4) is 0 Å². The van der Waals surface area contributed by atoms with Crippen LogP contribution in [0, 0.1) is 25.4 Å². The zero-order valence-electron chi connectivity index (χ0n) is 12.8. The summed E-state index contributed by atoms with van der Waals surface area (Å²) in [4.78, 5) is 10.9. The highest BCUT2D eigenvalue weighted by molar-refractivity contribution is 14.1. The molecule has 0 fully saturated rings. The van der Waals surface area contributed by atoms with Crippen LogP contribution in [0.4, 0.5) is 10.1 Å². The maximum atomic E-state index is 13.9. The summed E-state index contributed by atoms with van der Waals surface area (Å²) < 4.78 is 14.2. The Balaban J connectivity index is 3.30. The van der Waals surface area contributed by atoms with Crippen LogP contribution in [0.5, 0.6) is 0 Å². The first-order chi connectivity index (χ1) is 9.79. The number of nitrogens with one attached hydrogen (secondary N) is 1. The zero-order chi connectivity index (χ0) is 16.2. The van der Waals surface area contributed by atoms with E-state index in [4.69, 9.17) is 0 Å². The second kappa shape index (κ2) is 8.03. The molecule has 1 aromatic carbocycles. The molecule has 1 aromatic rings. The van der Waals surface area contributed by atoms with Crippen molar-refractivity contribution >= 4 is 28.3 Å². The average Bonchev–Trinajstić information content (AvgIpc) is 2.39. The van der Waals surface area contributed by atoms with Gasteiger partial charge in [-0.1, -0.05) is 20.8 Å². The Labute approximate surface area is 138 Å². The molecule has 0 amide bonds. The lowest BCUT2D eigenvalue weighted by Gasteiger charge is -2.28. The van der Waals surface area contributed by atoms with Gasteiger partial charge >= 0.3 is 0 Å². The fourth-order valence-electron chi connectivity index (χ4n) is 2.68. The number of halogens is 2. The van der Waals surface area contributed by atoms with Gasteiger partial charge in [0.1, 0.15) is 5.82 Å². The molecule has 0 radical (unpaired) electrons. The molecule has 2 unspecified atom stereocenters. The number of benzene rings is 1. The van der Waals surface area contributed by atoms with Crippen molar-refractivity contribution in [1.29, 1.82) is 0 Å². The number of hydrogen-bond acceptors (Lipinski definition) is 3. The number of rotatable bonds is 7. The maximum Gasteiger partial charge on any atom is 0.274 e. The summed E-state index contributed by atoms with van der Waals surface area (Å²) in [6.45, 7) is 8.92. The Morgan fingerprint density at radius 1 is 1.38 bits per heavy atom. The molecule has 6 heteroatoms. The lowest BCUT2D eigenvalue weighted by Crippen LogP contribution is -2.35. The number of nitrogens with zero attached hydrogens (tertiary/aromatic N) is 1. The van der Waals surface area contributed by atoms with E-state index in [2.05, 4.69) is 12.2 Å². The van der Waals surface area contributed by atoms with E-state index in [1.807, 2.05) is 20.8 Å². The summed E-state index contributed by atoms with van der Waals surface area (Å²) >= 11 is 1.79. The van der Waals surface area contributed by atoms with E-state index in [-0.39, 0.29) is 27.1 Å². The SMILES string of the molecule is CCCNC(C)C(c1cc(F)c(I)cc1[N+](=O)[O-])C(C)C. The number of nitro groups is 1. The van der Waals surface area contributed by atoms with Gasteiger partial charge < -0.3 is 5.32 Å². The first kappa shape index (κ1) is 18.3. The van der Waals surface area contributed by atoms with Crippen LogP contribution in [0.15, 0.2) is 12.1 Å². The molecule has 0 aromatic heterocycles. The van der Waals surface area contributed by atoms with Gasteiger partial charge in [0.05, 0.1) is 8.49 Å². The summed E-state index contributed by atoms with van der Waals surface area (Å²) in [5, 5.41) is 14.7. The maximum absolute atomic E-state index is 13.9. The highest BCUT2D eigenvalue weighted by Gasteiger charge is 2.30. The van der Waals surface area contributed by atoms with Crippen molar-refractivity contribution in [2.75, 3.05) is 6.54 Å². The van der Waals surface area contributed by atoms with Crippen LogP contribution in [0.1, 0.15) is 45.6 Å². The van der Waals surface area contributed by atoms with E-state index < -0.39 is 10.7 Å². The Morgan fingerprint density at radius 2 is 2.00 bits per heavy atom. The van der Waals surface area contributed by atoms with Crippen molar-refractivity contribution in [2.24, 2.45) is 5.92 Å². The van der Waals surface area contributed by atoms with E-state index in [9.17, 15) is 14.5 Å². The van der Waals surface area contributed by atoms with Crippen LogP contribution < -0.4 is 5.32 Å². The van der Waals surface area contributed by atoms with E-state index in [0.717, 1.165) is 13.0 Å². The summed E-state index contributed by atoms with van der Waals surface area (Å²) in [7, 11) is 0. The van der Waals surface area contributed by atoms with Gasteiger partial charge in [0, 0.05) is 23.6 Å². The average molecular weight is 408 g/mol. The van der Waals surface area contributed by atoms with Crippen LogP contribution in [0.25, 0.3) is 0 Å². The summed E-state index contributed by atoms with van der Waals surface area (Å²) in [5.74, 6) is -0.337. The largest absolute Gasteiger partial charge is 0.314 e. The van der Waals surface area contributed by atoms with Crippen molar-refractivity contribution in [1.82, 2.24) is 5.32 Å². The molecule has 0 saturated heterocycles. The minimum Gasteiger partial charge on any atom is -0.314 e. The molecule has 2 atom stereocenters. The van der Waals surface area contributed by atoms with Gasteiger partial charge in [0.2, 0.25) is 0 Å². The third-order valence-electron chi connectivity index (χ3n) is 3.60. The molecule has 0 heterocycles. The monoisotopic (exact) mass is 408 g/mol. The molecule has 0 saturated carbocycles. The molecule has 21 heavy (non-hydrogen) atoms. The van der Waals surface area contributed by atoms with Gasteiger partial charge in [0.25, 0.3) is 5.69 Å². The highest BCUT2D eigenvalue weighted by Crippen LogP contribution is 2.36. The quantitative estimate of drug-likeness (QED) is 0.412. The molecule has 4 nitrogen and oxygen atoms in total. The first-order valence-electron chi connectivity index (χ1n) is 7.16. The summed E-state index contributed by atoms with van der Waals surface area (Å²) in [6.07, 6.45) is 0.984. The van der Waals surface area contributed by atoms with Crippen molar-refractivity contribution < 1.29 is 9.31 Å². The van der Waals surface area contributed by atoms with Gasteiger partial charge in [-0.15, -0.1) is 0 Å². The Kier molecular flexibility index (Phi) is 6.99. The standard InChI is InChI=1S/C15H22FIN2O2/c1-5-6-18-10(4)15(9(2)3)11-7-12(16)13(17)8-14(11)19(20)21/h7-10,15,18H,5-6H2,1-4H3. The number of hydrogen-bond donors (Lipinski definition) is 1. The Hall–Kier alpha value is -0.760. The van der Waals surface area contributed by atoms with Crippen LogP contribution in [-0.4, -0.2) is 17.5 Å². The molecular weight excluding hydrogens is 386 g/mol. The lowest BCUT2D eigenvalue weighted by atomic mass is 9.82. The van der Waals surface area contributed by atoms with Crippen LogP contribution in [0.2, 0.25) is 0 Å². The predicted octanol–water partition coefficient (Wildman–Crippen LogP) is 4.47. The van der Waals surface area contributed by atoms with Gasteiger partial charge in [-0.3, -0.25) is 10.1 Å². The lowest BCUT2D eigenvalue weighted by molar-refractivity contribution is -0.386. The second-order valence-corrected chi connectivity index (χ2v) is 6.76. The third kappa shape index (κ3) is 4.60. The normalized spacial score (nSPS) is 14.2. The zero-order valence-corrected chi connectivity index (χ0v) is 15.0. The van der Waals surface area contributed by atoms with Crippen molar-refractivity contribution in [3.63, 3.8) is 0 Å². The van der Waals surface area contributed by atoms with Crippen LogP contribution in [0.3, 0.4) is 0 Å². The fourth-order valence-corrected chi connectivity index (χ4v) is 3.13. The summed E-state index contributed by atoms with van der Waals surface area (Å²) in [5.41, 5.74) is 0.480. The van der Waals surface area contributed by atoms with Crippen molar-refractivity contribution in [3.05, 3.63) is 37.2 Å². The predicted molar refractivity (Wildman–Crippen MR) is 91.1 cm³/mol. The minimum absolute atomic E-state index is 0.00430. The van der Waals surface area contributed by atoms with Crippen LogP contribution >= 0.6 is 22.6 Å². The van der Waals surface area contributed by atoms with Gasteiger partial charge in [0.15, 0.2) is 0 Å². The second-order valence-electron chi connectivity index (χ2n) is 5.59. The van der Waals surface area contributed by atoms with Crippen molar-refractivity contribution in [2.45, 2.75) is 46.1 Å². The van der Waals surface area contributed by atoms with E-state index in [0.29, 0.717) is 5.56 Å². The molecule has 0 spiro atoms. The van der Waals surface area contributed by atoms with E-state index >= 15 is 0 Å². The smallest absolute Gasteiger partial charge is 0.274 e. The molecule has 0 aliphatic heterocycles. The minimum atomic E-state index is -0.418. The third-order valence-corrected chi connectivity index (χ3v) is 4.43. The van der Waals surface area contributed by atoms with E-state index in [1.165, 1.54) is 12.1 Å². The molecule has 0 aliphatic carbocycles. The van der Waals surface area contributed by atoms with E-state index in [1.54, 1.807) is 22.6 Å². The molecule has 1 N–H and O–H groups in total.